The summed E-state index contributed by atoms with van der Waals surface area (Å²) in [6.07, 6.45) is 6.74. The molecule has 0 aromatic heterocycles. The largest absolute Gasteiger partial charge is 0.497 e. The van der Waals surface area contributed by atoms with Gasteiger partial charge in [0.05, 0.1) is 7.11 Å². The van der Waals surface area contributed by atoms with Gasteiger partial charge in [-0.15, -0.1) is 0 Å². The first kappa shape index (κ1) is 10.8. The molecule has 0 unspecified atom stereocenters. The number of rotatable bonds is 4. The van der Waals surface area contributed by atoms with Gasteiger partial charge in [0.2, 0.25) is 0 Å². The quantitative estimate of drug-likeness (QED) is 0.701. The first-order valence-electron chi connectivity index (χ1n) is 5.09. The molecule has 1 heteroatoms. The standard InChI is InChI=1S/C13H18O/c1-4-5-6-7-12-8-9-13(14-3)10-11(12)2/h6-10H,4-5H2,1-3H3/b7-6+. The fourth-order valence-corrected chi connectivity index (χ4v) is 1.34. The molecule has 0 aliphatic rings. The highest BCUT2D eigenvalue weighted by Crippen LogP contribution is 2.18. The molecule has 0 radical (unpaired) electrons. The lowest BCUT2D eigenvalue weighted by molar-refractivity contribution is 0.414. The lowest BCUT2D eigenvalue weighted by atomic mass is 10.1. The molecule has 0 fully saturated rings. The summed E-state index contributed by atoms with van der Waals surface area (Å²) in [5, 5.41) is 0. The van der Waals surface area contributed by atoms with Crippen LogP contribution in [0.15, 0.2) is 24.3 Å². The van der Waals surface area contributed by atoms with Crippen LogP contribution in [0.25, 0.3) is 6.08 Å². The fraction of sp³-hybridized carbons (Fsp3) is 0.385. The third-order valence-electron chi connectivity index (χ3n) is 2.23. The van der Waals surface area contributed by atoms with Crippen LogP contribution in [0.5, 0.6) is 5.75 Å². The Kier molecular flexibility index (Phi) is 4.24. The van der Waals surface area contributed by atoms with Crippen LogP contribution in [0.1, 0.15) is 30.9 Å². The van der Waals surface area contributed by atoms with Crippen molar-refractivity contribution in [1.82, 2.24) is 0 Å². The average Bonchev–Trinajstić information content (AvgIpc) is 2.20. The summed E-state index contributed by atoms with van der Waals surface area (Å²) in [5.41, 5.74) is 2.54. The second-order valence-corrected chi connectivity index (χ2v) is 3.41. The summed E-state index contributed by atoms with van der Waals surface area (Å²) >= 11 is 0. The Morgan fingerprint density at radius 2 is 2.14 bits per heavy atom. The van der Waals surface area contributed by atoms with Crippen LogP contribution >= 0.6 is 0 Å². The maximum atomic E-state index is 5.15. The molecule has 1 aromatic carbocycles. The predicted molar refractivity (Wildman–Crippen MR) is 61.7 cm³/mol. The van der Waals surface area contributed by atoms with E-state index in [0.717, 1.165) is 12.2 Å². The number of hydrogen-bond donors (Lipinski definition) is 0. The van der Waals surface area contributed by atoms with E-state index in [2.05, 4.69) is 38.1 Å². The van der Waals surface area contributed by atoms with Gasteiger partial charge in [-0.2, -0.15) is 0 Å². The molecule has 0 saturated carbocycles. The van der Waals surface area contributed by atoms with E-state index >= 15 is 0 Å². The van der Waals surface area contributed by atoms with Gasteiger partial charge in [-0.1, -0.05) is 31.6 Å². The number of unbranched alkanes of at least 4 members (excludes halogenated alkanes) is 1. The summed E-state index contributed by atoms with van der Waals surface area (Å²) < 4.78 is 5.15. The lowest BCUT2D eigenvalue weighted by Gasteiger charge is -2.03. The lowest BCUT2D eigenvalue weighted by Crippen LogP contribution is -1.85. The number of hydrogen-bond acceptors (Lipinski definition) is 1. The molecular weight excluding hydrogens is 172 g/mol. The molecule has 76 valence electrons. The maximum Gasteiger partial charge on any atom is 0.119 e. The molecule has 1 aromatic rings. The zero-order chi connectivity index (χ0) is 10.4. The first-order chi connectivity index (χ1) is 6.77. The summed E-state index contributed by atoms with van der Waals surface area (Å²) in [6, 6.07) is 6.16. The van der Waals surface area contributed by atoms with Gasteiger partial charge in [0.15, 0.2) is 0 Å². The van der Waals surface area contributed by atoms with E-state index in [1.165, 1.54) is 17.5 Å². The van der Waals surface area contributed by atoms with E-state index in [4.69, 9.17) is 4.74 Å². The predicted octanol–water partition coefficient (Wildman–Crippen LogP) is 3.82. The zero-order valence-corrected chi connectivity index (χ0v) is 9.21. The van der Waals surface area contributed by atoms with Crippen molar-refractivity contribution >= 4 is 6.08 Å². The Hall–Kier alpha value is -1.24. The molecule has 0 bridgehead atoms. The number of ether oxygens (including phenoxy) is 1. The SMILES string of the molecule is CCC/C=C/c1ccc(OC)cc1C. The van der Waals surface area contributed by atoms with Crippen LogP contribution in [0.2, 0.25) is 0 Å². The molecule has 0 saturated heterocycles. The van der Waals surface area contributed by atoms with Gasteiger partial charge in [0, 0.05) is 0 Å². The van der Waals surface area contributed by atoms with Gasteiger partial charge in [-0.05, 0) is 36.6 Å². The van der Waals surface area contributed by atoms with Crippen LogP contribution < -0.4 is 4.74 Å². The monoisotopic (exact) mass is 190 g/mol. The first-order valence-corrected chi connectivity index (χ1v) is 5.09. The van der Waals surface area contributed by atoms with Crippen LogP contribution in [0.4, 0.5) is 0 Å². The van der Waals surface area contributed by atoms with Gasteiger partial charge in [-0.3, -0.25) is 0 Å². The van der Waals surface area contributed by atoms with Crippen molar-refractivity contribution in [3.05, 3.63) is 35.4 Å². The van der Waals surface area contributed by atoms with Crippen molar-refractivity contribution in [2.24, 2.45) is 0 Å². The summed E-state index contributed by atoms with van der Waals surface area (Å²) in [4.78, 5) is 0. The van der Waals surface area contributed by atoms with Crippen molar-refractivity contribution in [2.45, 2.75) is 26.7 Å². The Bertz CT molecular complexity index is 313. The molecule has 0 amide bonds. The van der Waals surface area contributed by atoms with Gasteiger partial charge < -0.3 is 4.74 Å². The number of allylic oxidation sites excluding steroid dienone is 1. The molecular formula is C13H18O. The van der Waals surface area contributed by atoms with E-state index in [9.17, 15) is 0 Å². The summed E-state index contributed by atoms with van der Waals surface area (Å²) in [7, 11) is 1.70. The van der Waals surface area contributed by atoms with E-state index in [0.29, 0.717) is 0 Å². The smallest absolute Gasteiger partial charge is 0.119 e. The van der Waals surface area contributed by atoms with Crippen LogP contribution in [0, 0.1) is 6.92 Å². The summed E-state index contributed by atoms with van der Waals surface area (Å²) in [5.74, 6) is 0.926. The molecule has 0 heterocycles. The number of benzene rings is 1. The Morgan fingerprint density at radius 3 is 2.71 bits per heavy atom. The normalized spacial score (nSPS) is 10.8. The number of aryl methyl sites for hydroxylation is 1. The van der Waals surface area contributed by atoms with E-state index in [1.54, 1.807) is 7.11 Å². The minimum Gasteiger partial charge on any atom is -0.497 e. The van der Waals surface area contributed by atoms with Gasteiger partial charge in [0.1, 0.15) is 5.75 Å². The Balaban J connectivity index is 2.78. The Morgan fingerprint density at radius 1 is 1.36 bits per heavy atom. The topological polar surface area (TPSA) is 9.23 Å². The molecule has 0 aliphatic carbocycles. The summed E-state index contributed by atoms with van der Waals surface area (Å²) in [6.45, 7) is 4.29. The minimum atomic E-state index is 0.926. The number of methoxy groups -OCH3 is 1. The van der Waals surface area contributed by atoms with Crippen molar-refractivity contribution in [1.29, 1.82) is 0 Å². The molecule has 0 aliphatic heterocycles. The van der Waals surface area contributed by atoms with Crippen molar-refractivity contribution in [3.8, 4) is 5.75 Å². The van der Waals surface area contributed by atoms with Crippen LogP contribution in [-0.4, -0.2) is 7.11 Å². The van der Waals surface area contributed by atoms with Crippen molar-refractivity contribution in [2.75, 3.05) is 7.11 Å². The second-order valence-electron chi connectivity index (χ2n) is 3.41. The molecule has 0 N–H and O–H groups in total. The molecule has 0 atom stereocenters. The highest BCUT2D eigenvalue weighted by atomic mass is 16.5. The third-order valence-corrected chi connectivity index (χ3v) is 2.23. The highest BCUT2D eigenvalue weighted by molar-refractivity contribution is 5.55. The zero-order valence-electron chi connectivity index (χ0n) is 9.21. The van der Waals surface area contributed by atoms with E-state index in [-0.39, 0.29) is 0 Å². The third kappa shape index (κ3) is 2.91. The maximum absolute atomic E-state index is 5.15. The van der Waals surface area contributed by atoms with Crippen LogP contribution in [0.3, 0.4) is 0 Å². The average molecular weight is 190 g/mol. The fourth-order valence-electron chi connectivity index (χ4n) is 1.34. The van der Waals surface area contributed by atoms with E-state index < -0.39 is 0 Å². The molecule has 1 rings (SSSR count). The minimum absolute atomic E-state index is 0.926. The van der Waals surface area contributed by atoms with Crippen molar-refractivity contribution in [3.63, 3.8) is 0 Å². The van der Waals surface area contributed by atoms with Gasteiger partial charge in [-0.25, -0.2) is 0 Å². The molecule has 14 heavy (non-hydrogen) atoms. The van der Waals surface area contributed by atoms with Crippen molar-refractivity contribution < 1.29 is 4.74 Å². The molecule has 0 spiro atoms. The molecule has 1 nitrogen and oxygen atoms in total. The van der Waals surface area contributed by atoms with E-state index in [1.807, 2.05) is 6.07 Å². The second kappa shape index (κ2) is 5.48. The van der Waals surface area contributed by atoms with Crippen LogP contribution in [-0.2, 0) is 0 Å². The van der Waals surface area contributed by atoms with Gasteiger partial charge in [0.25, 0.3) is 0 Å². The highest BCUT2D eigenvalue weighted by Gasteiger charge is 1.96. The Labute approximate surface area is 86.4 Å². The van der Waals surface area contributed by atoms with Gasteiger partial charge >= 0.3 is 0 Å².